The number of hydrogen-bond acceptors (Lipinski definition) is 4. The molecule has 0 N–H and O–H groups in total. The zero-order valence-electron chi connectivity index (χ0n) is 19.3. The van der Waals surface area contributed by atoms with E-state index in [9.17, 15) is 9.47 Å². The van der Waals surface area contributed by atoms with Gasteiger partial charge in [-0.3, -0.25) is 0 Å². The van der Waals surface area contributed by atoms with Crippen LogP contribution < -0.4 is 4.74 Å². The first-order valence-electron chi connectivity index (χ1n) is 11.9. The lowest BCUT2D eigenvalue weighted by atomic mass is 9.69. The number of rotatable bonds is 6. The van der Waals surface area contributed by atoms with Crippen LogP contribution in [0.2, 0.25) is 0 Å². The summed E-state index contributed by atoms with van der Waals surface area (Å²) in [6.07, 6.45) is 8.94. The van der Waals surface area contributed by atoms with Crippen LogP contribution in [0.3, 0.4) is 0 Å². The molecule has 4 rings (SSSR count). The average molecular weight is 451 g/mol. The second kappa shape index (κ2) is 10.2. The van der Waals surface area contributed by atoms with Crippen LogP contribution >= 0.6 is 0 Å². The van der Waals surface area contributed by atoms with Crippen molar-refractivity contribution in [1.29, 1.82) is 5.26 Å². The monoisotopic (exact) mass is 450 g/mol. The molecule has 1 heterocycles. The zero-order chi connectivity index (χ0) is 22.6. The van der Waals surface area contributed by atoms with Crippen LogP contribution in [0, 0.1) is 17.2 Å². The van der Waals surface area contributed by atoms with Crippen molar-refractivity contribution in [2.75, 3.05) is 20.2 Å². The smallest absolute Gasteiger partial charge is 0.118 e. The Morgan fingerprint density at radius 2 is 1.50 bits per heavy atom. The van der Waals surface area contributed by atoms with Crippen LogP contribution in [-0.2, 0) is 16.2 Å². The molecular formula is C27H34N2O2S. The molecule has 0 radical (unpaired) electrons. The van der Waals surface area contributed by atoms with Crippen molar-refractivity contribution in [2.24, 2.45) is 5.92 Å². The quantitative estimate of drug-likeness (QED) is 0.567. The summed E-state index contributed by atoms with van der Waals surface area (Å²) in [5.41, 5.74) is 0.519. The lowest BCUT2D eigenvalue weighted by Crippen LogP contribution is -2.46. The fraction of sp³-hybridized carbons (Fsp3) is 0.519. The van der Waals surface area contributed by atoms with Gasteiger partial charge >= 0.3 is 0 Å². The van der Waals surface area contributed by atoms with Gasteiger partial charge in [-0.1, -0.05) is 31.4 Å². The van der Waals surface area contributed by atoms with Gasteiger partial charge in [0.05, 0.1) is 29.4 Å². The summed E-state index contributed by atoms with van der Waals surface area (Å²) in [6.45, 7) is 4.29. The predicted octanol–water partition coefficient (Wildman–Crippen LogP) is 5.69. The van der Waals surface area contributed by atoms with Crippen molar-refractivity contribution in [2.45, 2.75) is 73.1 Å². The molecule has 1 saturated carbocycles. The number of nitriles is 1. The minimum Gasteiger partial charge on any atom is -0.497 e. The molecule has 1 saturated heterocycles. The van der Waals surface area contributed by atoms with Gasteiger partial charge in [0.15, 0.2) is 0 Å². The summed E-state index contributed by atoms with van der Waals surface area (Å²) in [7, 11) is 0.370. The highest BCUT2D eigenvalue weighted by Gasteiger charge is 2.39. The third-order valence-electron chi connectivity index (χ3n) is 7.61. The Hall–Kier alpha value is -2.16. The van der Waals surface area contributed by atoms with Crippen molar-refractivity contribution in [3.05, 3.63) is 54.1 Å². The summed E-state index contributed by atoms with van der Waals surface area (Å²) < 4.78 is 18.2. The second-order valence-corrected chi connectivity index (χ2v) is 10.9. The topological polar surface area (TPSA) is 53.3 Å². The van der Waals surface area contributed by atoms with E-state index < -0.39 is 16.2 Å². The number of nitrogens with zero attached hydrogens (tertiary/aromatic N) is 2. The molecular weight excluding hydrogens is 416 g/mol. The summed E-state index contributed by atoms with van der Waals surface area (Å²) in [5, 5.41) is 10.2. The van der Waals surface area contributed by atoms with Gasteiger partial charge in [0.25, 0.3) is 0 Å². The number of ether oxygens (including phenoxy) is 1. The number of benzene rings is 2. The van der Waals surface area contributed by atoms with E-state index >= 15 is 0 Å². The zero-order valence-corrected chi connectivity index (χ0v) is 20.1. The van der Waals surface area contributed by atoms with E-state index in [2.05, 4.69) is 17.9 Å². The van der Waals surface area contributed by atoms with Crippen LogP contribution in [0.5, 0.6) is 5.75 Å². The molecule has 0 bridgehead atoms. The Bertz CT molecular complexity index is 953. The van der Waals surface area contributed by atoms with Crippen molar-refractivity contribution < 1.29 is 8.95 Å². The van der Waals surface area contributed by atoms with E-state index in [1.807, 2.05) is 48.5 Å². The minimum absolute atomic E-state index is 0.352. The summed E-state index contributed by atoms with van der Waals surface area (Å²) in [4.78, 5) is 4.18. The standard InChI is InChI=1S/C27H34N2O2S/c1-27(20-28,22-16-18-29(19-17-22)23-6-4-3-5-7-23)21-8-12-25(13-9-21)32(30)26-14-10-24(31-2)11-15-26/h8-15,22-23H,3-7,16-19H2,1-2H3. The van der Waals surface area contributed by atoms with Crippen molar-refractivity contribution in [1.82, 2.24) is 4.90 Å². The molecule has 170 valence electrons. The lowest BCUT2D eigenvalue weighted by molar-refractivity contribution is 0.0912. The fourth-order valence-corrected chi connectivity index (χ4v) is 6.48. The lowest BCUT2D eigenvalue weighted by Gasteiger charge is -2.43. The van der Waals surface area contributed by atoms with Crippen LogP contribution in [0.1, 0.15) is 57.4 Å². The molecule has 2 aliphatic rings. The first-order valence-corrected chi connectivity index (χ1v) is 13.0. The number of likely N-dealkylation sites (tertiary alicyclic amines) is 1. The van der Waals surface area contributed by atoms with E-state index in [1.54, 1.807) is 7.11 Å². The highest BCUT2D eigenvalue weighted by Crippen LogP contribution is 2.39. The van der Waals surface area contributed by atoms with Gasteiger partial charge in [0.2, 0.25) is 0 Å². The highest BCUT2D eigenvalue weighted by atomic mass is 32.2. The highest BCUT2D eigenvalue weighted by molar-refractivity contribution is 7.85. The maximum atomic E-state index is 13.0. The summed E-state index contributed by atoms with van der Waals surface area (Å²) >= 11 is 0. The Balaban J connectivity index is 1.44. The summed E-state index contributed by atoms with van der Waals surface area (Å²) in [5.74, 6) is 1.10. The molecule has 1 aliphatic heterocycles. The second-order valence-electron chi connectivity index (χ2n) is 9.38. The van der Waals surface area contributed by atoms with Crippen LogP contribution in [-0.4, -0.2) is 35.3 Å². The average Bonchev–Trinajstić information content (AvgIpc) is 2.88. The molecule has 2 unspecified atom stereocenters. The van der Waals surface area contributed by atoms with E-state index in [-0.39, 0.29) is 0 Å². The molecule has 2 atom stereocenters. The van der Waals surface area contributed by atoms with Crippen LogP contribution in [0.4, 0.5) is 0 Å². The molecule has 32 heavy (non-hydrogen) atoms. The van der Waals surface area contributed by atoms with E-state index in [4.69, 9.17) is 4.74 Å². The van der Waals surface area contributed by atoms with Gasteiger partial charge in [-0.05, 0) is 93.6 Å². The molecule has 4 nitrogen and oxygen atoms in total. The molecule has 2 fully saturated rings. The van der Waals surface area contributed by atoms with Crippen molar-refractivity contribution in [3.63, 3.8) is 0 Å². The van der Waals surface area contributed by atoms with Gasteiger partial charge in [-0.25, -0.2) is 4.21 Å². The molecule has 2 aromatic rings. The largest absolute Gasteiger partial charge is 0.497 e. The third kappa shape index (κ3) is 4.77. The number of methoxy groups -OCH3 is 1. The van der Waals surface area contributed by atoms with Gasteiger partial charge in [0, 0.05) is 15.8 Å². The van der Waals surface area contributed by atoms with Crippen LogP contribution in [0.25, 0.3) is 0 Å². The first-order chi connectivity index (χ1) is 15.5. The molecule has 0 aromatic heterocycles. The maximum absolute atomic E-state index is 13.0. The van der Waals surface area contributed by atoms with Crippen molar-refractivity contribution in [3.8, 4) is 11.8 Å². The maximum Gasteiger partial charge on any atom is 0.118 e. The predicted molar refractivity (Wildman–Crippen MR) is 128 cm³/mol. The number of piperidine rings is 1. The van der Waals surface area contributed by atoms with Gasteiger partial charge < -0.3 is 9.64 Å². The Kier molecular flexibility index (Phi) is 7.33. The normalized spacial score (nSPS) is 21.4. The fourth-order valence-electron chi connectivity index (χ4n) is 5.44. The van der Waals surface area contributed by atoms with E-state index in [1.165, 1.54) is 32.1 Å². The van der Waals surface area contributed by atoms with Crippen molar-refractivity contribution >= 4 is 10.8 Å². The number of hydrogen-bond donors (Lipinski definition) is 0. The molecule has 1 aliphatic carbocycles. The Morgan fingerprint density at radius 3 is 2.03 bits per heavy atom. The minimum atomic E-state index is -1.25. The molecule has 2 aromatic carbocycles. The summed E-state index contributed by atoms with van der Waals surface area (Å²) in [6, 6.07) is 18.6. The Morgan fingerprint density at radius 1 is 0.938 bits per heavy atom. The van der Waals surface area contributed by atoms with Gasteiger partial charge in [0.1, 0.15) is 5.75 Å². The molecule has 0 spiro atoms. The molecule has 0 amide bonds. The van der Waals surface area contributed by atoms with E-state index in [0.29, 0.717) is 5.92 Å². The first kappa shape index (κ1) is 23.0. The van der Waals surface area contributed by atoms with Gasteiger partial charge in [-0.2, -0.15) is 5.26 Å². The third-order valence-corrected chi connectivity index (χ3v) is 9.01. The van der Waals surface area contributed by atoms with E-state index in [0.717, 1.165) is 53.1 Å². The van der Waals surface area contributed by atoms with Crippen LogP contribution in [0.15, 0.2) is 58.3 Å². The molecule has 5 heteroatoms. The van der Waals surface area contributed by atoms with Gasteiger partial charge in [-0.15, -0.1) is 0 Å². The SMILES string of the molecule is COc1ccc(S(=O)c2ccc(C(C)(C#N)C3CCN(C4CCCCC4)CC3)cc2)cc1. The Labute approximate surface area is 195 Å².